The van der Waals surface area contributed by atoms with E-state index in [1.54, 1.807) is 0 Å². The molecular formula is C14H17N3O3. The van der Waals surface area contributed by atoms with Crippen molar-refractivity contribution in [3.05, 3.63) is 36.0 Å². The van der Waals surface area contributed by atoms with Crippen LogP contribution in [0.4, 0.5) is 0 Å². The first-order valence-corrected chi connectivity index (χ1v) is 6.61. The minimum Gasteiger partial charge on any atom is -0.485 e. The van der Waals surface area contributed by atoms with Crippen LogP contribution in [0.3, 0.4) is 0 Å². The summed E-state index contributed by atoms with van der Waals surface area (Å²) < 4.78 is 16.7. The summed E-state index contributed by atoms with van der Waals surface area (Å²) in [5.41, 5.74) is 5.46. The number of aromatic nitrogens is 2. The highest BCUT2D eigenvalue weighted by Gasteiger charge is 2.31. The third kappa shape index (κ3) is 2.22. The first-order valence-electron chi connectivity index (χ1n) is 6.61. The first-order chi connectivity index (χ1) is 9.60. The molecule has 3 rings (SSSR count). The fraction of sp³-hybridized carbons (Fsp3) is 0.429. The maximum atomic E-state index is 6.09. The quantitative estimate of drug-likeness (QED) is 0.924. The van der Waals surface area contributed by atoms with E-state index in [1.165, 1.54) is 0 Å². The first kappa shape index (κ1) is 12.9. The summed E-state index contributed by atoms with van der Waals surface area (Å²) in [6.45, 7) is 4.18. The molecule has 20 heavy (non-hydrogen) atoms. The molecule has 0 saturated heterocycles. The van der Waals surface area contributed by atoms with E-state index < -0.39 is 5.54 Å². The number of nitrogens with zero attached hydrogens (tertiary/aromatic N) is 2. The Morgan fingerprint density at radius 3 is 2.85 bits per heavy atom. The highest BCUT2D eigenvalue weighted by atomic mass is 16.6. The number of nitrogens with two attached hydrogens (primary N) is 1. The predicted octanol–water partition coefficient (Wildman–Crippen LogP) is 2.17. The van der Waals surface area contributed by atoms with Gasteiger partial charge in [-0.3, -0.25) is 0 Å². The number of hydrogen-bond acceptors (Lipinski definition) is 6. The van der Waals surface area contributed by atoms with Crippen LogP contribution in [-0.4, -0.2) is 16.7 Å². The zero-order valence-corrected chi connectivity index (χ0v) is 11.5. The van der Waals surface area contributed by atoms with Crippen molar-refractivity contribution >= 4 is 0 Å². The molecule has 6 heteroatoms. The average Bonchev–Trinajstić information content (AvgIpc) is 2.97. The Bertz CT molecular complexity index is 609. The van der Waals surface area contributed by atoms with Gasteiger partial charge in [0.1, 0.15) is 6.61 Å². The molecule has 1 aliphatic rings. The van der Waals surface area contributed by atoms with E-state index in [0.717, 1.165) is 5.75 Å². The number of benzene rings is 1. The lowest BCUT2D eigenvalue weighted by molar-refractivity contribution is 0.0832. The van der Waals surface area contributed by atoms with Gasteiger partial charge in [0.15, 0.2) is 17.6 Å². The van der Waals surface area contributed by atoms with Crippen LogP contribution in [0.25, 0.3) is 0 Å². The Morgan fingerprint density at radius 2 is 2.10 bits per heavy atom. The number of rotatable bonds is 3. The van der Waals surface area contributed by atoms with Crippen LogP contribution in [0.5, 0.6) is 11.5 Å². The van der Waals surface area contributed by atoms with Gasteiger partial charge in [-0.05, 0) is 25.5 Å². The van der Waals surface area contributed by atoms with E-state index in [4.69, 9.17) is 19.7 Å². The number of fused-ring (bicyclic) bond motifs is 1. The Balaban J connectivity index is 1.82. The van der Waals surface area contributed by atoms with E-state index in [1.807, 2.05) is 38.1 Å². The van der Waals surface area contributed by atoms with Crippen LogP contribution in [-0.2, 0) is 5.54 Å². The summed E-state index contributed by atoms with van der Waals surface area (Å²) in [6, 6.07) is 7.50. The van der Waals surface area contributed by atoms with Crippen molar-refractivity contribution in [2.24, 2.45) is 5.73 Å². The van der Waals surface area contributed by atoms with Gasteiger partial charge in [0, 0.05) is 0 Å². The fourth-order valence-corrected chi connectivity index (χ4v) is 1.90. The van der Waals surface area contributed by atoms with Gasteiger partial charge in [0.05, 0.1) is 5.54 Å². The largest absolute Gasteiger partial charge is 0.485 e. The molecule has 2 unspecified atom stereocenters. The predicted molar refractivity (Wildman–Crippen MR) is 71.4 cm³/mol. The summed E-state index contributed by atoms with van der Waals surface area (Å²) in [4.78, 5) is 4.34. The van der Waals surface area contributed by atoms with Crippen molar-refractivity contribution in [1.82, 2.24) is 10.1 Å². The van der Waals surface area contributed by atoms with Crippen LogP contribution < -0.4 is 15.2 Å². The molecule has 6 nitrogen and oxygen atoms in total. The second-order valence-electron chi connectivity index (χ2n) is 5.09. The molecular weight excluding hydrogens is 258 g/mol. The van der Waals surface area contributed by atoms with Crippen molar-refractivity contribution in [1.29, 1.82) is 0 Å². The van der Waals surface area contributed by atoms with Crippen molar-refractivity contribution in [3.63, 3.8) is 0 Å². The van der Waals surface area contributed by atoms with Crippen LogP contribution in [0.2, 0.25) is 0 Å². The molecule has 1 aliphatic heterocycles. The summed E-state index contributed by atoms with van der Waals surface area (Å²) >= 11 is 0. The molecule has 2 heterocycles. The van der Waals surface area contributed by atoms with Gasteiger partial charge >= 0.3 is 0 Å². The van der Waals surface area contributed by atoms with E-state index in [2.05, 4.69) is 10.1 Å². The van der Waals surface area contributed by atoms with Gasteiger partial charge in [-0.15, -0.1) is 0 Å². The minimum atomic E-state index is -0.626. The van der Waals surface area contributed by atoms with Crippen LogP contribution in [0.1, 0.15) is 38.1 Å². The van der Waals surface area contributed by atoms with Gasteiger partial charge in [-0.1, -0.05) is 24.2 Å². The average molecular weight is 275 g/mol. The summed E-state index contributed by atoms with van der Waals surface area (Å²) in [6.07, 6.45) is 0.328. The van der Waals surface area contributed by atoms with E-state index in [-0.39, 0.29) is 6.10 Å². The Morgan fingerprint density at radius 1 is 1.35 bits per heavy atom. The molecule has 1 aromatic carbocycles. The molecule has 2 N–H and O–H groups in total. The zero-order chi connectivity index (χ0) is 14.2. The third-order valence-electron chi connectivity index (χ3n) is 3.46. The summed E-state index contributed by atoms with van der Waals surface area (Å²) in [5.74, 6) is 2.28. The number of ether oxygens (including phenoxy) is 2. The monoisotopic (exact) mass is 275 g/mol. The fourth-order valence-electron chi connectivity index (χ4n) is 1.90. The van der Waals surface area contributed by atoms with Crippen molar-refractivity contribution in [2.45, 2.75) is 31.9 Å². The normalized spacial score (nSPS) is 20.4. The molecule has 0 saturated carbocycles. The van der Waals surface area contributed by atoms with Crippen LogP contribution >= 0.6 is 0 Å². The van der Waals surface area contributed by atoms with E-state index in [0.29, 0.717) is 30.5 Å². The topological polar surface area (TPSA) is 83.4 Å². The molecule has 0 amide bonds. The molecule has 0 fully saturated rings. The molecule has 2 aromatic rings. The molecule has 0 aliphatic carbocycles. The van der Waals surface area contributed by atoms with Crippen molar-refractivity contribution in [3.8, 4) is 11.5 Å². The minimum absolute atomic E-state index is 0.351. The Labute approximate surface area is 116 Å². The van der Waals surface area contributed by atoms with Crippen LogP contribution in [0, 0.1) is 0 Å². The third-order valence-corrected chi connectivity index (χ3v) is 3.46. The smallest absolute Gasteiger partial charge is 0.246 e. The maximum Gasteiger partial charge on any atom is 0.246 e. The lowest BCUT2D eigenvalue weighted by atomic mass is 10.0. The van der Waals surface area contributed by atoms with Crippen molar-refractivity contribution in [2.75, 3.05) is 6.61 Å². The van der Waals surface area contributed by atoms with Gasteiger partial charge in [-0.2, -0.15) is 4.98 Å². The van der Waals surface area contributed by atoms with Gasteiger partial charge < -0.3 is 19.7 Å². The zero-order valence-electron chi connectivity index (χ0n) is 11.5. The van der Waals surface area contributed by atoms with Crippen LogP contribution in [0.15, 0.2) is 28.8 Å². The van der Waals surface area contributed by atoms with E-state index >= 15 is 0 Å². The SMILES string of the molecule is CCC(C)(N)c1nc(C2COc3ccccc3O2)no1. The van der Waals surface area contributed by atoms with Gasteiger partial charge in [0.2, 0.25) is 11.7 Å². The number of hydrogen-bond donors (Lipinski definition) is 1. The number of para-hydroxylation sites is 2. The molecule has 1 aromatic heterocycles. The molecule has 0 radical (unpaired) electrons. The lowest BCUT2D eigenvalue weighted by Crippen LogP contribution is -2.32. The highest BCUT2D eigenvalue weighted by molar-refractivity contribution is 5.40. The second kappa shape index (κ2) is 4.79. The summed E-state index contributed by atoms with van der Waals surface area (Å²) in [7, 11) is 0. The van der Waals surface area contributed by atoms with E-state index in [9.17, 15) is 0 Å². The lowest BCUT2D eigenvalue weighted by Gasteiger charge is -2.24. The Kier molecular flexibility index (Phi) is 3.10. The highest BCUT2D eigenvalue weighted by Crippen LogP contribution is 2.35. The maximum absolute atomic E-state index is 6.09. The van der Waals surface area contributed by atoms with Crippen molar-refractivity contribution < 1.29 is 14.0 Å². The second-order valence-corrected chi connectivity index (χ2v) is 5.09. The molecule has 106 valence electrons. The molecule has 2 atom stereocenters. The Hall–Kier alpha value is -2.08. The summed E-state index contributed by atoms with van der Waals surface area (Å²) in [5, 5.41) is 3.96. The van der Waals surface area contributed by atoms with Gasteiger partial charge in [0.25, 0.3) is 0 Å². The molecule has 0 spiro atoms. The van der Waals surface area contributed by atoms with Gasteiger partial charge in [-0.25, -0.2) is 0 Å². The standard InChI is InChI=1S/C14H17N3O3/c1-3-14(2,15)13-16-12(17-20-13)11-8-18-9-6-4-5-7-10(9)19-11/h4-7,11H,3,8,15H2,1-2H3. The molecule has 0 bridgehead atoms.